The fraction of sp³-hybridized carbons (Fsp3) is 0.154. The number of nitrogens with zero attached hydrogens (tertiary/aromatic N) is 2. The summed E-state index contributed by atoms with van der Waals surface area (Å²) < 4.78 is 19.2. The number of hydrogen-bond acceptors (Lipinski definition) is 6. The van der Waals surface area contributed by atoms with E-state index in [1.807, 2.05) is 78.9 Å². The van der Waals surface area contributed by atoms with E-state index in [0.717, 1.165) is 40.3 Å². The van der Waals surface area contributed by atoms with Crippen molar-refractivity contribution < 1.29 is 14.2 Å². The molecule has 0 unspecified atom stereocenters. The highest BCUT2D eigenvalue weighted by atomic mass is 32.1. The Balaban J connectivity index is 1.21. The average Bonchev–Trinajstić information content (AvgIpc) is 3.36. The first kappa shape index (κ1) is 21.0. The van der Waals surface area contributed by atoms with E-state index < -0.39 is 0 Å². The third kappa shape index (κ3) is 4.40. The van der Waals surface area contributed by atoms with Crippen molar-refractivity contribution >= 4 is 33.4 Å². The van der Waals surface area contributed by atoms with Crippen molar-refractivity contribution in [2.45, 2.75) is 6.42 Å². The number of methoxy groups -OCH3 is 1. The quantitative estimate of drug-likeness (QED) is 0.324. The van der Waals surface area contributed by atoms with Crippen LogP contribution in [0, 0.1) is 0 Å². The Morgan fingerprint density at radius 2 is 1.64 bits per heavy atom. The Morgan fingerprint density at radius 1 is 0.909 bits per heavy atom. The van der Waals surface area contributed by atoms with Gasteiger partial charge in [0.2, 0.25) is 0 Å². The van der Waals surface area contributed by atoms with E-state index in [1.165, 1.54) is 11.3 Å². The molecule has 5 aromatic rings. The summed E-state index contributed by atoms with van der Waals surface area (Å²) in [4.78, 5) is 18.1. The predicted octanol–water partition coefficient (Wildman–Crippen LogP) is 4.31. The van der Waals surface area contributed by atoms with Crippen LogP contribution in [0.4, 0.5) is 0 Å². The number of aromatic nitrogens is 2. The van der Waals surface area contributed by atoms with Gasteiger partial charge in [0.05, 0.1) is 35.9 Å². The first-order valence-corrected chi connectivity index (χ1v) is 11.4. The van der Waals surface area contributed by atoms with Gasteiger partial charge in [0.15, 0.2) is 16.5 Å². The molecule has 0 bridgehead atoms. The molecule has 2 aromatic heterocycles. The van der Waals surface area contributed by atoms with Crippen LogP contribution in [0.25, 0.3) is 22.1 Å². The van der Waals surface area contributed by atoms with Crippen LogP contribution in [0.3, 0.4) is 0 Å². The van der Waals surface area contributed by atoms with Crippen LogP contribution in [-0.2, 0) is 0 Å². The molecule has 0 aliphatic carbocycles. The first-order valence-electron chi connectivity index (χ1n) is 10.6. The molecular formula is C26H22N2O4S. The minimum Gasteiger partial charge on any atom is -0.493 e. The lowest BCUT2D eigenvalue weighted by molar-refractivity contribution is 0.240. The lowest BCUT2D eigenvalue weighted by atomic mass is 10.2. The smallest absolute Gasteiger partial charge is 0.274 e. The van der Waals surface area contributed by atoms with Gasteiger partial charge < -0.3 is 14.2 Å². The maximum absolute atomic E-state index is 12.9. The standard InChI is InChI=1S/C26H22N2O4S/c1-30-22-9-4-5-10-23(22)32-16-6-15-31-19-13-11-18(12-14-19)17-24-25(29)28-21-8-3-2-7-20(21)27-26(28)33-24/h2-5,7-14,17H,6,15-16H2,1H3. The lowest BCUT2D eigenvalue weighted by Crippen LogP contribution is -2.22. The van der Waals surface area contributed by atoms with E-state index in [4.69, 9.17) is 14.2 Å². The van der Waals surface area contributed by atoms with Gasteiger partial charge in [0.25, 0.3) is 5.56 Å². The third-order valence-corrected chi connectivity index (χ3v) is 6.18. The summed E-state index contributed by atoms with van der Waals surface area (Å²) in [7, 11) is 1.63. The maximum Gasteiger partial charge on any atom is 0.274 e. The largest absolute Gasteiger partial charge is 0.493 e. The van der Waals surface area contributed by atoms with Crippen molar-refractivity contribution in [1.29, 1.82) is 0 Å². The highest BCUT2D eigenvalue weighted by Crippen LogP contribution is 2.25. The van der Waals surface area contributed by atoms with E-state index in [-0.39, 0.29) is 5.56 Å². The van der Waals surface area contributed by atoms with Gasteiger partial charge in [0, 0.05) is 6.42 Å². The Hall–Kier alpha value is -3.84. The molecule has 5 rings (SSSR count). The summed E-state index contributed by atoms with van der Waals surface area (Å²) in [6, 6.07) is 23.0. The molecule has 6 nitrogen and oxygen atoms in total. The van der Waals surface area contributed by atoms with Gasteiger partial charge in [-0.3, -0.25) is 4.79 Å². The molecule has 0 saturated heterocycles. The molecule has 0 atom stereocenters. The minimum atomic E-state index is -0.0425. The second-order valence-corrected chi connectivity index (χ2v) is 8.41. The molecular weight excluding hydrogens is 436 g/mol. The van der Waals surface area contributed by atoms with E-state index in [1.54, 1.807) is 11.5 Å². The average molecular weight is 459 g/mol. The van der Waals surface area contributed by atoms with Gasteiger partial charge >= 0.3 is 0 Å². The monoisotopic (exact) mass is 458 g/mol. The summed E-state index contributed by atoms with van der Waals surface area (Å²) in [6.45, 7) is 1.07. The minimum absolute atomic E-state index is 0.0425. The summed E-state index contributed by atoms with van der Waals surface area (Å²) in [5.74, 6) is 2.23. The highest BCUT2D eigenvalue weighted by molar-refractivity contribution is 7.15. The van der Waals surface area contributed by atoms with Crippen LogP contribution in [0.5, 0.6) is 17.2 Å². The number of hydrogen-bond donors (Lipinski definition) is 0. The van der Waals surface area contributed by atoms with Crippen LogP contribution in [0.1, 0.15) is 12.0 Å². The lowest BCUT2D eigenvalue weighted by Gasteiger charge is -2.10. The second kappa shape index (κ2) is 9.34. The summed E-state index contributed by atoms with van der Waals surface area (Å²) in [5.41, 5.74) is 2.57. The molecule has 0 N–H and O–H groups in total. The van der Waals surface area contributed by atoms with Crippen LogP contribution < -0.4 is 24.3 Å². The summed E-state index contributed by atoms with van der Waals surface area (Å²) >= 11 is 1.40. The summed E-state index contributed by atoms with van der Waals surface area (Å²) in [5, 5.41) is 0. The molecule has 0 spiro atoms. The Morgan fingerprint density at radius 3 is 2.45 bits per heavy atom. The molecule has 0 aliphatic heterocycles. The molecule has 166 valence electrons. The van der Waals surface area contributed by atoms with E-state index in [9.17, 15) is 4.79 Å². The number of rotatable bonds is 8. The topological polar surface area (TPSA) is 62.1 Å². The van der Waals surface area contributed by atoms with Gasteiger partial charge in [-0.25, -0.2) is 9.38 Å². The van der Waals surface area contributed by atoms with Crippen molar-refractivity contribution in [3.8, 4) is 17.2 Å². The van der Waals surface area contributed by atoms with Crippen molar-refractivity contribution in [2.24, 2.45) is 0 Å². The predicted molar refractivity (Wildman–Crippen MR) is 131 cm³/mol. The maximum atomic E-state index is 12.9. The van der Waals surface area contributed by atoms with E-state index in [0.29, 0.717) is 22.7 Å². The fourth-order valence-corrected chi connectivity index (χ4v) is 4.58. The Bertz CT molecular complexity index is 1510. The molecule has 2 heterocycles. The zero-order valence-electron chi connectivity index (χ0n) is 18.1. The third-order valence-electron chi connectivity index (χ3n) is 5.21. The fourth-order valence-electron chi connectivity index (χ4n) is 3.59. The number of benzene rings is 3. The van der Waals surface area contributed by atoms with Crippen molar-refractivity contribution in [2.75, 3.05) is 20.3 Å². The van der Waals surface area contributed by atoms with Gasteiger partial charge in [-0.05, 0) is 48.0 Å². The molecule has 0 amide bonds. The molecule has 3 aromatic carbocycles. The van der Waals surface area contributed by atoms with Gasteiger partial charge in [-0.2, -0.15) is 0 Å². The second-order valence-electron chi connectivity index (χ2n) is 7.40. The Kier molecular flexibility index (Phi) is 5.95. The van der Waals surface area contributed by atoms with Crippen LogP contribution >= 0.6 is 11.3 Å². The van der Waals surface area contributed by atoms with E-state index in [2.05, 4.69) is 4.98 Å². The van der Waals surface area contributed by atoms with E-state index >= 15 is 0 Å². The molecule has 7 heteroatoms. The number of fused-ring (bicyclic) bond motifs is 3. The molecule has 0 fully saturated rings. The number of ether oxygens (including phenoxy) is 3. The zero-order valence-corrected chi connectivity index (χ0v) is 18.9. The number of para-hydroxylation sites is 4. The van der Waals surface area contributed by atoms with Crippen molar-refractivity contribution in [1.82, 2.24) is 9.38 Å². The highest BCUT2D eigenvalue weighted by Gasteiger charge is 2.10. The number of imidazole rings is 1. The van der Waals surface area contributed by atoms with Gasteiger partial charge in [0.1, 0.15) is 5.75 Å². The first-order chi connectivity index (χ1) is 16.2. The van der Waals surface area contributed by atoms with Gasteiger partial charge in [-0.1, -0.05) is 47.7 Å². The number of thiazole rings is 1. The zero-order chi connectivity index (χ0) is 22.6. The Labute approximate surface area is 194 Å². The van der Waals surface area contributed by atoms with Crippen LogP contribution in [-0.4, -0.2) is 29.7 Å². The summed E-state index contributed by atoms with van der Waals surface area (Å²) in [6.07, 6.45) is 2.63. The molecule has 0 saturated carbocycles. The molecule has 0 aliphatic rings. The van der Waals surface area contributed by atoms with Gasteiger partial charge in [-0.15, -0.1) is 0 Å². The van der Waals surface area contributed by atoms with Crippen LogP contribution in [0.15, 0.2) is 77.6 Å². The molecule has 0 radical (unpaired) electrons. The molecule has 33 heavy (non-hydrogen) atoms. The normalized spacial score (nSPS) is 11.8. The SMILES string of the molecule is COc1ccccc1OCCCOc1ccc(C=c2sc3nc4ccccc4n3c2=O)cc1. The van der Waals surface area contributed by atoms with Crippen LogP contribution in [0.2, 0.25) is 0 Å². The van der Waals surface area contributed by atoms with Crippen molar-refractivity contribution in [3.05, 3.63) is 93.2 Å². The van der Waals surface area contributed by atoms with Crippen molar-refractivity contribution in [3.63, 3.8) is 0 Å².